The van der Waals surface area contributed by atoms with Crippen molar-refractivity contribution in [2.24, 2.45) is 5.92 Å². The second-order valence-electron chi connectivity index (χ2n) is 6.82. The van der Waals surface area contributed by atoms with Gasteiger partial charge >= 0.3 is 0 Å². The molecule has 2 unspecified atom stereocenters. The molecule has 0 aromatic heterocycles. The zero-order chi connectivity index (χ0) is 18.0. The molecule has 0 radical (unpaired) electrons. The minimum absolute atomic E-state index is 0.0722. The van der Waals surface area contributed by atoms with Crippen molar-refractivity contribution in [1.29, 1.82) is 0 Å². The summed E-state index contributed by atoms with van der Waals surface area (Å²) in [7, 11) is 0. The molecule has 1 aliphatic carbocycles. The lowest BCUT2D eigenvalue weighted by Gasteiger charge is -2.38. The Bertz CT molecular complexity index is 699. The number of Topliss-reactive ketones (excluding diaryl/α,β-unsaturated/α-hetero) is 1. The van der Waals surface area contributed by atoms with Crippen LogP contribution in [0.25, 0.3) is 0 Å². The molecule has 2 atom stereocenters. The minimum Gasteiger partial charge on any atom is -0.297 e. The Balaban J connectivity index is 1.86. The molecule has 3 rings (SSSR count). The van der Waals surface area contributed by atoms with Crippen LogP contribution in [-0.2, 0) is 9.59 Å². The van der Waals surface area contributed by atoms with E-state index in [1.807, 2.05) is 13.0 Å². The van der Waals surface area contributed by atoms with Crippen LogP contribution in [0.3, 0.4) is 0 Å². The van der Waals surface area contributed by atoms with Gasteiger partial charge in [-0.15, -0.1) is 0 Å². The number of thioether (sulfide) groups is 1. The Morgan fingerprint density at radius 2 is 2.00 bits per heavy atom. The van der Waals surface area contributed by atoms with E-state index in [9.17, 15) is 14.0 Å². The SMILES string of the molecule is CC=C1CN(C(C(=O)C2CC2)c2ccccc2F)CCC1SC(C)=O. The smallest absolute Gasteiger partial charge is 0.186 e. The summed E-state index contributed by atoms with van der Waals surface area (Å²) in [4.78, 5) is 26.5. The summed E-state index contributed by atoms with van der Waals surface area (Å²) in [5, 5.41) is 0.272. The lowest BCUT2D eigenvalue weighted by molar-refractivity contribution is -0.126. The molecule has 0 bridgehead atoms. The second kappa shape index (κ2) is 7.83. The lowest BCUT2D eigenvalue weighted by atomic mass is 9.93. The fourth-order valence-corrected chi connectivity index (χ4v) is 4.52. The minimum atomic E-state index is -0.521. The topological polar surface area (TPSA) is 37.4 Å². The number of carbonyl (C=O) groups excluding carboxylic acids is 2. The number of hydrogen-bond acceptors (Lipinski definition) is 4. The standard InChI is InChI=1S/C20H24FNO2S/c1-3-14-12-22(11-10-18(14)25-13(2)23)19(20(24)15-8-9-15)16-6-4-5-7-17(16)21/h3-7,15,18-19H,8-12H2,1-2H3. The maximum atomic E-state index is 14.4. The molecule has 134 valence electrons. The molecule has 5 heteroatoms. The van der Waals surface area contributed by atoms with Gasteiger partial charge in [0, 0.05) is 36.7 Å². The van der Waals surface area contributed by atoms with Crippen molar-refractivity contribution in [2.75, 3.05) is 13.1 Å². The first-order valence-corrected chi connectivity index (χ1v) is 9.73. The molecular formula is C20H24FNO2S. The van der Waals surface area contributed by atoms with Crippen LogP contribution in [0.15, 0.2) is 35.9 Å². The van der Waals surface area contributed by atoms with E-state index in [0.29, 0.717) is 18.7 Å². The van der Waals surface area contributed by atoms with Gasteiger partial charge in [-0.3, -0.25) is 14.5 Å². The summed E-state index contributed by atoms with van der Waals surface area (Å²) in [6, 6.07) is 6.08. The molecule has 0 amide bonds. The number of likely N-dealkylation sites (tertiary alicyclic amines) is 1. The predicted molar refractivity (Wildman–Crippen MR) is 98.9 cm³/mol. The molecule has 2 aliphatic rings. The van der Waals surface area contributed by atoms with Crippen molar-refractivity contribution in [3.63, 3.8) is 0 Å². The van der Waals surface area contributed by atoms with Gasteiger partial charge in [-0.2, -0.15) is 0 Å². The van der Waals surface area contributed by atoms with Gasteiger partial charge in [-0.05, 0) is 37.8 Å². The summed E-state index contributed by atoms with van der Waals surface area (Å²) >= 11 is 1.35. The van der Waals surface area contributed by atoms with E-state index in [1.54, 1.807) is 25.1 Å². The highest BCUT2D eigenvalue weighted by Gasteiger charge is 2.41. The van der Waals surface area contributed by atoms with Crippen molar-refractivity contribution in [2.45, 2.75) is 44.4 Å². The molecule has 1 aliphatic heterocycles. The molecular weight excluding hydrogens is 337 g/mol. The number of rotatable bonds is 5. The Morgan fingerprint density at radius 3 is 2.60 bits per heavy atom. The molecule has 0 N–H and O–H groups in total. The molecule has 0 spiro atoms. The number of benzene rings is 1. The third kappa shape index (κ3) is 4.21. The number of hydrogen-bond donors (Lipinski definition) is 0. The summed E-state index contributed by atoms with van der Waals surface area (Å²) < 4.78 is 14.4. The second-order valence-corrected chi connectivity index (χ2v) is 8.20. The first kappa shape index (κ1) is 18.3. The van der Waals surface area contributed by atoms with Crippen LogP contribution in [0.2, 0.25) is 0 Å². The van der Waals surface area contributed by atoms with E-state index >= 15 is 0 Å². The van der Waals surface area contributed by atoms with Crippen molar-refractivity contribution >= 4 is 22.7 Å². The molecule has 2 fully saturated rings. The summed E-state index contributed by atoms with van der Waals surface area (Å²) in [6.07, 6.45) is 4.66. The number of ketones is 1. The van der Waals surface area contributed by atoms with E-state index in [1.165, 1.54) is 17.8 Å². The summed E-state index contributed by atoms with van der Waals surface area (Å²) in [6.45, 7) is 4.86. The van der Waals surface area contributed by atoms with Gasteiger partial charge in [-0.25, -0.2) is 4.39 Å². The average Bonchev–Trinajstić information content (AvgIpc) is 3.42. The van der Waals surface area contributed by atoms with Crippen LogP contribution in [0.1, 0.15) is 44.7 Å². The van der Waals surface area contributed by atoms with Crippen LogP contribution < -0.4 is 0 Å². The van der Waals surface area contributed by atoms with Gasteiger partial charge in [0.1, 0.15) is 5.82 Å². The Hall–Kier alpha value is -1.46. The third-order valence-corrected chi connectivity index (χ3v) is 6.13. The Kier molecular flexibility index (Phi) is 5.74. The zero-order valence-corrected chi connectivity index (χ0v) is 15.5. The zero-order valence-electron chi connectivity index (χ0n) is 14.7. The first-order valence-electron chi connectivity index (χ1n) is 8.85. The van der Waals surface area contributed by atoms with Gasteiger partial charge < -0.3 is 0 Å². The molecule has 1 aromatic carbocycles. The maximum Gasteiger partial charge on any atom is 0.186 e. The van der Waals surface area contributed by atoms with Crippen LogP contribution in [-0.4, -0.2) is 34.1 Å². The van der Waals surface area contributed by atoms with E-state index in [-0.39, 0.29) is 27.9 Å². The highest BCUT2D eigenvalue weighted by Crippen LogP contribution is 2.40. The molecule has 1 heterocycles. The number of carbonyl (C=O) groups is 2. The maximum absolute atomic E-state index is 14.4. The summed E-state index contributed by atoms with van der Waals surface area (Å²) in [5.74, 6) is -0.107. The molecule has 25 heavy (non-hydrogen) atoms. The third-order valence-electron chi connectivity index (χ3n) is 4.97. The molecule has 1 aromatic rings. The fourth-order valence-electron chi connectivity index (χ4n) is 3.53. The highest BCUT2D eigenvalue weighted by molar-refractivity contribution is 8.14. The van der Waals surface area contributed by atoms with Crippen molar-refractivity contribution < 1.29 is 14.0 Å². The predicted octanol–water partition coefficient (Wildman–Crippen LogP) is 4.15. The van der Waals surface area contributed by atoms with Crippen LogP contribution in [0.5, 0.6) is 0 Å². The van der Waals surface area contributed by atoms with E-state index in [4.69, 9.17) is 0 Å². The van der Waals surface area contributed by atoms with Crippen LogP contribution >= 0.6 is 11.8 Å². The van der Waals surface area contributed by atoms with E-state index in [2.05, 4.69) is 4.90 Å². The average molecular weight is 361 g/mol. The normalized spacial score (nSPS) is 24.3. The van der Waals surface area contributed by atoms with Crippen molar-refractivity contribution in [1.82, 2.24) is 4.90 Å². The van der Waals surface area contributed by atoms with Crippen LogP contribution in [0, 0.1) is 11.7 Å². The number of allylic oxidation sites excluding steroid dienone is 1. The van der Waals surface area contributed by atoms with Gasteiger partial charge in [-0.1, -0.05) is 36.0 Å². The summed E-state index contributed by atoms with van der Waals surface area (Å²) in [5.41, 5.74) is 1.63. The lowest BCUT2D eigenvalue weighted by Crippen LogP contribution is -2.43. The fraction of sp³-hybridized carbons (Fsp3) is 0.500. The molecule has 1 saturated heterocycles. The largest absolute Gasteiger partial charge is 0.297 e. The monoisotopic (exact) mass is 361 g/mol. The molecule has 3 nitrogen and oxygen atoms in total. The van der Waals surface area contributed by atoms with Crippen LogP contribution in [0.4, 0.5) is 4.39 Å². The first-order chi connectivity index (χ1) is 12.0. The van der Waals surface area contributed by atoms with Crippen molar-refractivity contribution in [3.8, 4) is 0 Å². The molecule has 1 saturated carbocycles. The Morgan fingerprint density at radius 1 is 1.28 bits per heavy atom. The quantitative estimate of drug-likeness (QED) is 0.739. The number of piperidine rings is 1. The van der Waals surface area contributed by atoms with E-state index in [0.717, 1.165) is 24.8 Å². The van der Waals surface area contributed by atoms with Gasteiger partial charge in [0.25, 0.3) is 0 Å². The number of halogens is 1. The Labute approximate surface area is 152 Å². The van der Waals surface area contributed by atoms with Crippen molar-refractivity contribution in [3.05, 3.63) is 47.3 Å². The number of nitrogens with zero attached hydrogens (tertiary/aromatic N) is 1. The highest BCUT2D eigenvalue weighted by atomic mass is 32.2. The van der Waals surface area contributed by atoms with E-state index < -0.39 is 6.04 Å². The van der Waals surface area contributed by atoms with Gasteiger partial charge in [0.05, 0.1) is 6.04 Å². The van der Waals surface area contributed by atoms with Gasteiger partial charge in [0.2, 0.25) is 0 Å². The van der Waals surface area contributed by atoms with Gasteiger partial charge in [0.15, 0.2) is 10.9 Å².